The summed E-state index contributed by atoms with van der Waals surface area (Å²) in [6.07, 6.45) is 6.19. The topological polar surface area (TPSA) is 136 Å². The number of methoxy groups -OCH3 is 1. The molecule has 1 aliphatic heterocycles. The molecule has 1 saturated heterocycles. The molecule has 0 radical (unpaired) electrons. The van der Waals surface area contributed by atoms with Crippen LogP contribution >= 0.6 is 0 Å². The van der Waals surface area contributed by atoms with Crippen LogP contribution in [0.15, 0.2) is 61.1 Å². The van der Waals surface area contributed by atoms with Gasteiger partial charge in [-0.3, -0.25) is 14.4 Å². The van der Waals surface area contributed by atoms with Gasteiger partial charge in [-0.15, -0.1) is 5.10 Å². The van der Waals surface area contributed by atoms with E-state index in [2.05, 4.69) is 53.6 Å². The Morgan fingerprint density at radius 2 is 1.93 bits per heavy atom. The molecule has 13 heteroatoms. The molecule has 1 amide bonds. The number of aromatic nitrogens is 5. The summed E-state index contributed by atoms with van der Waals surface area (Å²) in [5.41, 5.74) is 3.63. The third-order valence-electron chi connectivity index (χ3n) is 8.48. The highest BCUT2D eigenvalue weighted by Gasteiger charge is 2.24. The minimum absolute atomic E-state index is 0.0369. The first-order chi connectivity index (χ1) is 22.3. The van der Waals surface area contributed by atoms with Crippen LogP contribution in [-0.4, -0.2) is 98.5 Å². The first-order valence-corrected chi connectivity index (χ1v) is 15.3. The van der Waals surface area contributed by atoms with E-state index in [-0.39, 0.29) is 34.9 Å². The minimum atomic E-state index is -0.537. The van der Waals surface area contributed by atoms with Crippen LogP contribution in [0.4, 0.5) is 16.0 Å². The largest absolute Gasteiger partial charge is 0.507 e. The third-order valence-corrected chi connectivity index (χ3v) is 8.48. The number of amides is 1. The van der Waals surface area contributed by atoms with Crippen LogP contribution in [0, 0.1) is 5.82 Å². The Morgan fingerprint density at radius 1 is 1.13 bits per heavy atom. The number of hydrogen-bond donors (Lipinski definition) is 4. The van der Waals surface area contributed by atoms with Crippen LogP contribution in [0.3, 0.4) is 0 Å². The van der Waals surface area contributed by atoms with Gasteiger partial charge >= 0.3 is 0 Å². The van der Waals surface area contributed by atoms with Gasteiger partial charge < -0.3 is 30.4 Å². The minimum Gasteiger partial charge on any atom is -0.507 e. The predicted molar refractivity (Wildman–Crippen MR) is 174 cm³/mol. The summed E-state index contributed by atoms with van der Waals surface area (Å²) in [4.78, 5) is 29.6. The molecule has 1 fully saturated rings. The summed E-state index contributed by atoms with van der Waals surface area (Å²) in [7, 11) is 5.41. The molecule has 0 aliphatic carbocycles. The van der Waals surface area contributed by atoms with Gasteiger partial charge in [0.1, 0.15) is 17.1 Å². The summed E-state index contributed by atoms with van der Waals surface area (Å²) in [6, 6.07) is 12.6. The lowest BCUT2D eigenvalue weighted by Crippen LogP contribution is -2.52. The van der Waals surface area contributed by atoms with Crippen molar-refractivity contribution >= 4 is 28.4 Å². The molecule has 1 aliphatic rings. The van der Waals surface area contributed by atoms with Crippen molar-refractivity contribution in [3.63, 3.8) is 0 Å². The summed E-state index contributed by atoms with van der Waals surface area (Å²) in [5, 5.41) is 21.4. The molecule has 4 heterocycles. The number of nitrogens with zero attached hydrogens (tertiary/aromatic N) is 6. The molecule has 6 rings (SSSR count). The van der Waals surface area contributed by atoms with Crippen molar-refractivity contribution in [2.24, 2.45) is 7.05 Å². The van der Waals surface area contributed by atoms with Crippen molar-refractivity contribution in [3.05, 3.63) is 78.0 Å². The molecule has 4 N–H and O–H groups in total. The van der Waals surface area contributed by atoms with Crippen LogP contribution in [-0.2, 0) is 13.5 Å². The Balaban J connectivity index is 1.21. The number of ether oxygens (including phenoxy) is 1. The van der Waals surface area contributed by atoms with Gasteiger partial charge in [0.25, 0.3) is 11.8 Å². The van der Waals surface area contributed by atoms with Crippen molar-refractivity contribution in [1.29, 1.82) is 0 Å². The summed E-state index contributed by atoms with van der Waals surface area (Å²) in [6.45, 7) is 4.16. The van der Waals surface area contributed by atoms with E-state index in [1.54, 1.807) is 42.3 Å². The third kappa shape index (κ3) is 6.65. The van der Waals surface area contributed by atoms with Crippen LogP contribution in [0.2, 0.25) is 0 Å². The number of halogens is 1. The maximum absolute atomic E-state index is 15.2. The van der Waals surface area contributed by atoms with Gasteiger partial charge in [-0.1, -0.05) is 30.3 Å². The lowest BCUT2D eigenvalue weighted by molar-refractivity contribution is 0.0872. The quantitative estimate of drug-likeness (QED) is 0.172. The maximum Gasteiger partial charge on any atom is 0.256 e. The number of aromatic amines is 1. The van der Waals surface area contributed by atoms with E-state index in [0.29, 0.717) is 23.7 Å². The molecule has 0 spiro atoms. The van der Waals surface area contributed by atoms with E-state index in [4.69, 9.17) is 4.74 Å². The van der Waals surface area contributed by atoms with E-state index < -0.39 is 5.82 Å². The molecule has 46 heavy (non-hydrogen) atoms. The second-order valence-electron chi connectivity index (χ2n) is 11.5. The Labute approximate surface area is 266 Å². The molecule has 0 bridgehead atoms. The second kappa shape index (κ2) is 13.5. The van der Waals surface area contributed by atoms with Gasteiger partial charge in [-0.05, 0) is 37.6 Å². The van der Waals surface area contributed by atoms with E-state index in [1.165, 1.54) is 13.2 Å². The number of phenols is 1. The molecule has 3 aromatic heterocycles. The maximum atomic E-state index is 15.2. The van der Waals surface area contributed by atoms with Gasteiger partial charge in [0.05, 0.1) is 25.1 Å². The summed E-state index contributed by atoms with van der Waals surface area (Å²) in [5.74, 6) is -0.276. The molecule has 5 aromatic rings. The molecule has 2 aromatic carbocycles. The zero-order chi connectivity index (χ0) is 32.2. The smallest absolute Gasteiger partial charge is 0.256 e. The molecular weight excluding hydrogens is 589 g/mol. The fourth-order valence-corrected chi connectivity index (χ4v) is 5.96. The van der Waals surface area contributed by atoms with Crippen LogP contribution in [0.5, 0.6) is 11.6 Å². The van der Waals surface area contributed by atoms with E-state index >= 15 is 4.39 Å². The Hall–Kier alpha value is -5.01. The number of phenolic OH excluding ortho intramolecular Hbond substituents is 1. The van der Waals surface area contributed by atoms with E-state index in [0.717, 1.165) is 61.7 Å². The number of aryl methyl sites for hydroxylation is 2. The summed E-state index contributed by atoms with van der Waals surface area (Å²) >= 11 is 0. The number of aromatic hydroxyl groups is 1. The molecule has 240 valence electrons. The zero-order valence-corrected chi connectivity index (χ0v) is 26.1. The molecular formula is C33H38FN9O3. The predicted octanol–water partition coefficient (Wildman–Crippen LogP) is 3.93. The number of H-pyrrole nitrogens is 1. The van der Waals surface area contributed by atoms with Gasteiger partial charge in [-0.2, -0.15) is 0 Å². The Morgan fingerprint density at radius 3 is 2.72 bits per heavy atom. The highest BCUT2D eigenvalue weighted by molar-refractivity contribution is 5.97. The van der Waals surface area contributed by atoms with Crippen LogP contribution < -0.4 is 15.4 Å². The number of para-hydroxylation sites is 2. The number of hydrogen-bond acceptors (Lipinski definition) is 9. The van der Waals surface area contributed by atoms with Crippen LogP contribution in [0.1, 0.15) is 22.3 Å². The molecule has 0 unspecified atom stereocenters. The lowest BCUT2D eigenvalue weighted by atomic mass is 10.00. The number of piperazine rings is 1. The number of nitrogens with one attached hydrogen (secondary N) is 3. The zero-order valence-electron chi connectivity index (χ0n) is 26.1. The average Bonchev–Trinajstić information content (AvgIpc) is 3.65. The number of carbonyl (C=O) groups excluding carboxylic acids is 1. The van der Waals surface area contributed by atoms with Crippen molar-refractivity contribution < 1.29 is 19.0 Å². The highest BCUT2D eigenvalue weighted by Crippen LogP contribution is 2.33. The van der Waals surface area contributed by atoms with Gasteiger partial charge in [0.2, 0.25) is 5.95 Å². The van der Waals surface area contributed by atoms with Crippen molar-refractivity contribution in [2.45, 2.75) is 18.9 Å². The van der Waals surface area contributed by atoms with Crippen molar-refractivity contribution in [3.8, 4) is 22.9 Å². The van der Waals surface area contributed by atoms with Crippen molar-refractivity contribution in [1.82, 2.24) is 39.8 Å². The first kappa shape index (κ1) is 31.0. The average molecular weight is 628 g/mol. The number of carbonyl (C=O) groups is 1. The summed E-state index contributed by atoms with van der Waals surface area (Å²) < 4.78 is 22.1. The SMILES string of the molecule is COc1nn(C)cc1Nc1ncc(F)c(-c2c[nH]c3c(CC[C@H](CNC(=O)c4ccccc4O)N4CCN(C)CC4)cccc23)n1. The molecule has 12 nitrogen and oxygen atoms in total. The fourth-order valence-electron chi connectivity index (χ4n) is 5.96. The normalized spacial score (nSPS) is 14.8. The number of anilines is 2. The molecule has 0 saturated carbocycles. The Kier molecular flexibility index (Phi) is 9.13. The second-order valence-corrected chi connectivity index (χ2v) is 11.5. The number of benzene rings is 2. The first-order valence-electron chi connectivity index (χ1n) is 15.3. The highest BCUT2D eigenvalue weighted by atomic mass is 19.1. The number of rotatable bonds is 11. The van der Waals surface area contributed by atoms with Gasteiger partial charge in [0, 0.05) is 68.5 Å². The van der Waals surface area contributed by atoms with Gasteiger partial charge in [-0.25, -0.2) is 14.4 Å². The van der Waals surface area contributed by atoms with Crippen LogP contribution in [0.25, 0.3) is 22.2 Å². The van der Waals surface area contributed by atoms with Gasteiger partial charge in [0.15, 0.2) is 5.82 Å². The fraction of sp³-hybridized carbons (Fsp3) is 0.333. The van der Waals surface area contributed by atoms with Crippen molar-refractivity contribution in [2.75, 3.05) is 52.2 Å². The van der Waals surface area contributed by atoms with E-state index in [1.807, 2.05) is 12.1 Å². The number of likely N-dealkylation sites (N-methyl/N-ethyl adjacent to an activating group) is 1. The monoisotopic (exact) mass is 627 g/mol. The standard InChI is InChI=1S/C33H38FN9O3/c1-41-13-15-43(16-14-41)22(17-36-31(45)24-8-4-5-10-28(24)44)12-11-21-7-6-9-23-25(18-35-29(21)23)30-26(34)19-37-33(39-30)38-27-20-42(2)40-32(27)46-3/h4-10,18-20,22,35,44H,11-17H2,1-3H3,(H,36,45)(H,37,38,39)/t22-/m1/s1. The van der Waals surface area contributed by atoms with E-state index in [9.17, 15) is 9.90 Å². The Bertz CT molecular complexity index is 1830. The lowest BCUT2D eigenvalue weighted by Gasteiger charge is -2.38. The number of fused-ring (bicyclic) bond motifs is 1. The molecule has 1 atom stereocenters.